The zero-order valence-electron chi connectivity index (χ0n) is 15.5. The van der Waals surface area contributed by atoms with Gasteiger partial charge in [-0.25, -0.2) is 9.37 Å². The standard InChI is InChI=1S/C20H19FN6O/c1-2-15-16(12-7-9-13(21)10-8-12)18-24-23-17-19(27(18)25-15)22-11-26(20(17)28)14-5-3-4-6-14/h7-11,14H,2-6H2,1H3. The van der Waals surface area contributed by atoms with Crippen LogP contribution in [0.25, 0.3) is 27.9 Å². The minimum absolute atomic E-state index is 0.178. The molecule has 8 heteroatoms. The van der Waals surface area contributed by atoms with Crippen molar-refractivity contribution in [1.29, 1.82) is 0 Å². The summed E-state index contributed by atoms with van der Waals surface area (Å²) in [4.78, 5) is 17.5. The quantitative estimate of drug-likeness (QED) is 0.546. The second-order valence-electron chi connectivity index (χ2n) is 7.19. The molecule has 0 amide bonds. The molecule has 1 aliphatic carbocycles. The highest BCUT2D eigenvalue weighted by Crippen LogP contribution is 2.30. The number of aryl methyl sites for hydroxylation is 1. The molecule has 5 rings (SSSR count). The number of benzene rings is 1. The van der Waals surface area contributed by atoms with Crippen molar-refractivity contribution in [2.75, 3.05) is 0 Å². The lowest BCUT2D eigenvalue weighted by Crippen LogP contribution is -2.25. The van der Waals surface area contributed by atoms with Gasteiger partial charge in [0.1, 0.15) is 12.1 Å². The summed E-state index contributed by atoms with van der Waals surface area (Å²) in [6.45, 7) is 1.99. The average Bonchev–Trinajstić information content (AvgIpc) is 3.36. The van der Waals surface area contributed by atoms with E-state index in [0.717, 1.165) is 42.5 Å². The first kappa shape index (κ1) is 17.0. The van der Waals surface area contributed by atoms with Crippen LogP contribution in [0.2, 0.25) is 0 Å². The lowest BCUT2D eigenvalue weighted by Gasteiger charge is -2.12. The third-order valence-electron chi connectivity index (χ3n) is 5.52. The normalized spacial score (nSPS) is 15.1. The Labute approximate surface area is 159 Å². The molecule has 4 aromatic rings. The molecule has 1 saturated carbocycles. The van der Waals surface area contributed by atoms with Gasteiger partial charge in [-0.2, -0.15) is 9.61 Å². The SMILES string of the molecule is CCc1nn2c(nnc3c(=O)n(C4CCCC4)cnc32)c1-c1ccc(F)cc1. The predicted molar refractivity (Wildman–Crippen MR) is 103 cm³/mol. The van der Waals surface area contributed by atoms with Gasteiger partial charge in [0.2, 0.25) is 0 Å². The Morgan fingerprint density at radius 2 is 1.86 bits per heavy atom. The summed E-state index contributed by atoms with van der Waals surface area (Å²) in [5.41, 5.74) is 3.35. The summed E-state index contributed by atoms with van der Waals surface area (Å²) in [7, 11) is 0. The monoisotopic (exact) mass is 378 g/mol. The van der Waals surface area contributed by atoms with Gasteiger partial charge in [0.15, 0.2) is 16.8 Å². The Morgan fingerprint density at radius 1 is 1.11 bits per heavy atom. The molecule has 142 valence electrons. The van der Waals surface area contributed by atoms with Crippen LogP contribution in [0.5, 0.6) is 0 Å². The predicted octanol–water partition coefficient (Wildman–Crippen LogP) is 3.32. The molecule has 0 atom stereocenters. The average molecular weight is 378 g/mol. The van der Waals surface area contributed by atoms with Gasteiger partial charge in [-0.1, -0.05) is 31.9 Å². The van der Waals surface area contributed by atoms with Crippen LogP contribution in [-0.4, -0.2) is 29.4 Å². The van der Waals surface area contributed by atoms with Crippen molar-refractivity contribution in [3.63, 3.8) is 0 Å². The van der Waals surface area contributed by atoms with Gasteiger partial charge in [0.05, 0.1) is 11.3 Å². The van der Waals surface area contributed by atoms with Crippen molar-refractivity contribution < 1.29 is 4.39 Å². The van der Waals surface area contributed by atoms with Crippen molar-refractivity contribution in [1.82, 2.24) is 29.4 Å². The fourth-order valence-corrected chi connectivity index (χ4v) is 4.08. The van der Waals surface area contributed by atoms with Crippen molar-refractivity contribution in [3.8, 4) is 11.1 Å². The molecule has 0 bridgehead atoms. The number of fused-ring (bicyclic) bond motifs is 3. The first-order valence-corrected chi connectivity index (χ1v) is 9.58. The highest BCUT2D eigenvalue weighted by atomic mass is 19.1. The third kappa shape index (κ3) is 2.51. The van der Waals surface area contributed by atoms with Crippen LogP contribution in [0.4, 0.5) is 4.39 Å². The lowest BCUT2D eigenvalue weighted by atomic mass is 10.0. The van der Waals surface area contributed by atoms with Gasteiger partial charge in [-0.15, -0.1) is 10.2 Å². The van der Waals surface area contributed by atoms with E-state index in [1.54, 1.807) is 27.5 Å². The summed E-state index contributed by atoms with van der Waals surface area (Å²) < 4.78 is 16.6. The maximum atomic E-state index is 13.3. The summed E-state index contributed by atoms with van der Waals surface area (Å²) in [5.74, 6) is -0.302. The molecular weight excluding hydrogens is 359 g/mol. The van der Waals surface area contributed by atoms with E-state index in [4.69, 9.17) is 0 Å². The van der Waals surface area contributed by atoms with Crippen LogP contribution in [0.1, 0.15) is 44.3 Å². The zero-order valence-corrected chi connectivity index (χ0v) is 15.5. The van der Waals surface area contributed by atoms with Crippen LogP contribution >= 0.6 is 0 Å². The van der Waals surface area contributed by atoms with Gasteiger partial charge in [0.25, 0.3) is 5.56 Å². The topological polar surface area (TPSA) is 78.0 Å². The molecule has 0 N–H and O–H groups in total. The van der Waals surface area contributed by atoms with Crippen molar-refractivity contribution in [2.45, 2.75) is 45.1 Å². The molecule has 28 heavy (non-hydrogen) atoms. The Morgan fingerprint density at radius 3 is 2.57 bits per heavy atom. The van der Waals surface area contributed by atoms with Gasteiger partial charge in [-0.3, -0.25) is 9.36 Å². The number of halogens is 1. The van der Waals surface area contributed by atoms with Crippen LogP contribution in [0.3, 0.4) is 0 Å². The van der Waals surface area contributed by atoms with Crippen LogP contribution in [0.15, 0.2) is 35.4 Å². The molecule has 1 aliphatic rings. The van der Waals surface area contributed by atoms with Crippen molar-refractivity contribution >= 4 is 16.8 Å². The largest absolute Gasteiger partial charge is 0.294 e. The van der Waals surface area contributed by atoms with Gasteiger partial charge < -0.3 is 0 Å². The van der Waals surface area contributed by atoms with Gasteiger partial charge >= 0.3 is 0 Å². The number of hydrogen-bond donors (Lipinski definition) is 0. The zero-order chi connectivity index (χ0) is 19.3. The summed E-state index contributed by atoms with van der Waals surface area (Å²) in [5, 5.41) is 13.2. The van der Waals surface area contributed by atoms with Crippen molar-refractivity contribution in [3.05, 3.63) is 52.5 Å². The van der Waals surface area contributed by atoms with Gasteiger partial charge in [0, 0.05) is 6.04 Å². The molecule has 3 heterocycles. The second-order valence-corrected chi connectivity index (χ2v) is 7.19. The lowest BCUT2D eigenvalue weighted by molar-refractivity contribution is 0.497. The molecule has 0 unspecified atom stereocenters. The van der Waals surface area contributed by atoms with E-state index < -0.39 is 0 Å². The molecule has 0 radical (unpaired) electrons. The van der Waals surface area contributed by atoms with E-state index in [1.165, 1.54) is 12.1 Å². The first-order chi connectivity index (χ1) is 13.7. The molecule has 3 aromatic heterocycles. The molecule has 0 spiro atoms. The van der Waals surface area contributed by atoms with E-state index in [9.17, 15) is 9.18 Å². The number of hydrogen-bond acceptors (Lipinski definition) is 5. The summed E-state index contributed by atoms with van der Waals surface area (Å²) in [6.07, 6.45) is 6.49. The highest BCUT2D eigenvalue weighted by molar-refractivity contribution is 5.83. The minimum atomic E-state index is -0.302. The Kier molecular flexibility index (Phi) is 3.92. The Balaban J connectivity index is 1.76. The minimum Gasteiger partial charge on any atom is -0.294 e. The van der Waals surface area contributed by atoms with E-state index in [0.29, 0.717) is 17.7 Å². The number of nitrogens with zero attached hydrogens (tertiary/aromatic N) is 6. The smallest absolute Gasteiger partial charge is 0.283 e. The fraction of sp³-hybridized carbons (Fsp3) is 0.350. The van der Waals surface area contributed by atoms with E-state index in [1.807, 2.05) is 6.92 Å². The second kappa shape index (κ2) is 6.47. The summed E-state index contributed by atoms with van der Waals surface area (Å²) >= 11 is 0. The molecule has 0 aliphatic heterocycles. The van der Waals surface area contributed by atoms with Crippen LogP contribution in [0, 0.1) is 5.82 Å². The summed E-state index contributed by atoms with van der Waals surface area (Å²) in [6, 6.07) is 6.39. The molecule has 0 saturated heterocycles. The molecule has 1 aromatic carbocycles. The van der Waals surface area contributed by atoms with Crippen LogP contribution < -0.4 is 5.56 Å². The Hall–Kier alpha value is -3.16. The van der Waals surface area contributed by atoms with Crippen molar-refractivity contribution in [2.24, 2.45) is 0 Å². The first-order valence-electron chi connectivity index (χ1n) is 9.58. The van der Waals surface area contributed by atoms with E-state index >= 15 is 0 Å². The molecular formula is C20H19FN6O. The highest BCUT2D eigenvalue weighted by Gasteiger charge is 2.22. The maximum absolute atomic E-state index is 13.3. The third-order valence-corrected chi connectivity index (χ3v) is 5.52. The van der Waals surface area contributed by atoms with E-state index in [-0.39, 0.29) is 22.9 Å². The Bertz CT molecular complexity index is 1240. The molecule has 1 fully saturated rings. The van der Waals surface area contributed by atoms with Gasteiger partial charge in [-0.05, 0) is 37.0 Å². The number of aromatic nitrogens is 6. The van der Waals surface area contributed by atoms with Crippen LogP contribution in [-0.2, 0) is 6.42 Å². The fourth-order valence-electron chi connectivity index (χ4n) is 4.08. The maximum Gasteiger partial charge on any atom is 0.283 e. The van der Waals surface area contributed by atoms with E-state index in [2.05, 4.69) is 20.3 Å². The number of rotatable bonds is 3. The molecule has 7 nitrogen and oxygen atoms in total.